The summed E-state index contributed by atoms with van der Waals surface area (Å²) < 4.78 is 15.8. The van der Waals surface area contributed by atoms with E-state index in [-0.39, 0.29) is 6.10 Å². The predicted octanol–water partition coefficient (Wildman–Crippen LogP) is 3.53. The van der Waals surface area contributed by atoms with Crippen molar-refractivity contribution in [1.29, 1.82) is 0 Å². The normalized spacial score (nSPS) is 11.8. The average Bonchev–Trinajstić information content (AvgIpc) is 2.63. The van der Waals surface area contributed by atoms with E-state index in [0.717, 1.165) is 11.1 Å². The molecule has 126 valence electrons. The number of nitrogens with one attached hydrogen (secondary N) is 1. The monoisotopic (exact) mass is 328 g/mol. The first-order chi connectivity index (χ1) is 11.6. The summed E-state index contributed by atoms with van der Waals surface area (Å²) in [5, 5.41) is 3.78. The van der Waals surface area contributed by atoms with Crippen molar-refractivity contribution in [3.05, 3.63) is 59.7 Å². The molecule has 1 N–H and O–H groups in total. The number of carbonyl (C=O) groups is 1. The van der Waals surface area contributed by atoms with Crippen LogP contribution in [-0.4, -0.2) is 26.5 Å². The molecule has 0 heterocycles. The van der Waals surface area contributed by atoms with E-state index in [9.17, 15) is 4.79 Å². The van der Waals surface area contributed by atoms with Gasteiger partial charge in [-0.2, -0.15) is 5.10 Å². The fourth-order valence-corrected chi connectivity index (χ4v) is 2.05. The number of ether oxygens (including phenoxy) is 3. The Hall–Kier alpha value is -3.02. The van der Waals surface area contributed by atoms with Gasteiger partial charge in [-0.3, -0.25) is 0 Å². The molecule has 6 nitrogen and oxygen atoms in total. The van der Waals surface area contributed by atoms with Crippen LogP contribution >= 0.6 is 0 Å². The highest BCUT2D eigenvalue weighted by Gasteiger charge is 2.11. The maximum atomic E-state index is 10.9. The molecule has 0 aliphatic carbocycles. The Morgan fingerprint density at radius 3 is 2.54 bits per heavy atom. The van der Waals surface area contributed by atoms with Crippen molar-refractivity contribution in [1.82, 2.24) is 5.43 Å². The number of hydrazone groups is 1. The molecular formula is C18H20N2O4. The molecule has 0 saturated heterocycles. The van der Waals surface area contributed by atoms with Crippen LogP contribution in [-0.2, 0) is 4.74 Å². The van der Waals surface area contributed by atoms with Crippen LogP contribution in [0.2, 0.25) is 0 Å². The summed E-state index contributed by atoms with van der Waals surface area (Å²) in [5.74, 6) is 1.21. The number of benzene rings is 2. The fraction of sp³-hybridized carbons (Fsp3) is 0.222. The number of hydrogen-bond acceptors (Lipinski definition) is 5. The van der Waals surface area contributed by atoms with Gasteiger partial charge >= 0.3 is 6.09 Å². The van der Waals surface area contributed by atoms with E-state index in [4.69, 9.17) is 9.47 Å². The second-order valence-corrected chi connectivity index (χ2v) is 4.94. The van der Waals surface area contributed by atoms with E-state index < -0.39 is 6.09 Å². The summed E-state index contributed by atoms with van der Waals surface area (Å²) in [6.45, 7) is 1.98. The molecule has 1 amide bonds. The van der Waals surface area contributed by atoms with Crippen LogP contribution in [0.5, 0.6) is 11.5 Å². The largest absolute Gasteiger partial charge is 0.493 e. The number of carbonyl (C=O) groups excluding carboxylic acids is 1. The van der Waals surface area contributed by atoms with Gasteiger partial charge in [-0.15, -0.1) is 0 Å². The molecule has 2 rings (SSSR count). The minimum atomic E-state index is -0.630. The quantitative estimate of drug-likeness (QED) is 0.650. The van der Waals surface area contributed by atoms with Crippen LogP contribution in [0.15, 0.2) is 53.6 Å². The van der Waals surface area contributed by atoms with E-state index in [2.05, 4.69) is 15.3 Å². The van der Waals surface area contributed by atoms with Crippen LogP contribution in [0.1, 0.15) is 24.2 Å². The van der Waals surface area contributed by atoms with Gasteiger partial charge in [-0.25, -0.2) is 10.2 Å². The summed E-state index contributed by atoms with van der Waals surface area (Å²) in [4.78, 5) is 10.9. The van der Waals surface area contributed by atoms with E-state index in [1.807, 2.05) is 43.3 Å². The number of nitrogens with zero attached hydrogens (tertiary/aromatic N) is 1. The van der Waals surface area contributed by atoms with E-state index in [1.165, 1.54) is 13.3 Å². The molecule has 0 fully saturated rings. The van der Waals surface area contributed by atoms with Crippen molar-refractivity contribution in [2.24, 2.45) is 5.10 Å². The van der Waals surface area contributed by atoms with Gasteiger partial charge < -0.3 is 14.2 Å². The van der Waals surface area contributed by atoms with Crippen LogP contribution in [0.3, 0.4) is 0 Å². The SMILES string of the molecule is COC(=O)NN=Cc1ccc(OC(C)c2ccccc2)c(OC)c1. The lowest BCUT2D eigenvalue weighted by Gasteiger charge is -2.17. The summed E-state index contributed by atoms with van der Waals surface area (Å²) in [7, 11) is 2.84. The summed E-state index contributed by atoms with van der Waals surface area (Å²) in [5.41, 5.74) is 4.05. The number of hydrogen-bond donors (Lipinski definition) is 1. The Balaban J connectivity index is 2.10. The third kappa shape index (κ3) is 4.74. The summed E-state index contributed by atoms with van der Waals surface area (Å²) >= 11 is 0. The topological polar surface area (TPSA) is 69.2 Å². The van der Waals surface area contributed by atoms with Crippen LogP contribution < -0.4 is 14.9 Å². The third-order valence-corrected chi connectivity index (χ3v) is 3.32. The van der Waals surface area contributed by atoms with Crippen LogP contribution in [0, 0.1) is 0 Å². The van der Waals surface area contributed by atoms with Gasteiger partial charge in [0, 0.05) is 0 Å². The maximum absolute atomic E-state index is 10.9. The first kappa shape index (κ1) is 17.3. The lowest BCUT2D eigenvalue weighted by atomic mass is 10.1. The van der Waals surface area contributed by atoms with Gasteiger partial charge in [0.05, 0.1) is 20.4 Å². The highest BCUT2D eigenvalue weighted by atomic mass is 16.5. The molecule has 0 aliphatic rings. The van der Waals surface area contributed by atoms with Crippen molar-refractivity contribution in [3.8, 4) is 11.5 Å². The molecular weight excluding hydrogens is 308 g/mol. The van der Waals surface area contributed by atoms with Crippen LogP contribution in [0.25, 0.3) is 0 Å². The molecule has 2 aromatic rings. The second kappa shape index (κ2) is 8.57. The van der Waals surface area contributed by atoms with Crippen molar-refractivity contribution < 1.29 is 19.0 Å². The van der Waals surface area contributed by atoms with Crippen molar-refractivity contribution in [2.45, 2.75) is 13.0 Å². The third-order valence-electron chi connectivity index (χ3n) is 3.32. The minimum absolute atomic E-state index is 0.111. The second-order valence-electron chi connectivity index (χ2n) is 4.94. The molecule has 2 aromatic carbocycles. The summed E-state index contributed by atoms with van der Waals surface area (Å²) in [6, 6.07) is 15.3. The average molecular weight is 328 g/mol. The van der Waals surface area contributed by atoms with E-state index in [1.54, 1.807) is 19.2 Å². The number of amides is 1. The van der Waals surface area contributed by atoms with Gasteiger partial charge in [0.2, 0.25) is 0 Å². The first-order valence-corrected chi connectivity index (χ1v) is 7.40. The highest BCUT2D eigenvalue weighted by Crippen LogP contribution is 2.31. The molecule has 0 radical (unpaired) electrons. The Morgan fingerprint density at radius 1 is 1.12 bits per heavy atom. The van der Waals surface area contributed by atoms with Gasteiger partial charge in [-0.05, 0) is 36.2 Å². The van der Waals surface area contributed by atoms with Crippen molar-refractivity contribution in [2.75, 3.05) is 14.2 Å². The lowest BCUT2D eigenvalue weighted by Crippen LogP contribution is -2.16. The number of methoxy groups -OCH3 is 2. The molecule has 1 atom stereocenters. The smallest absolute Gasteiger partial charge is 0.427 e. The van der Waals surface area contributed by atoms with Gasteiger partial charge in [0.15, 0.2) is 11.5 Å². The molecule has 6 heteroatoms. The zero-order chi connectivity index (χ0) is 17.4. The fourth-order valence-electron chi connectivity index (χ4n) is 2.05. The first-order valence-electron chi connectivity index (χ1n) is 7.40. The Bertz CT molecular complexity index is 701. The van der Waals surface area contributed by atoms with Gasteiger partial charge in [-0.1, -0.05) is 30.3 Å². The molecule has 0 saturated carbocycles. The van der Waals surface area contributed by atoms with Gasteiger partial charge in [0.25, 0.3) is 0 Å². The Labute approximate surface area is 141 Å². The number of rotatable bonds is 6. The summed E-state index contributed by atoms with van der Waals surface area (Å²) in [6.07, 6.45) is 0.750. The zero-order valence-corrected chi connectivity index (χ0v) is 13.9. The Kier molecular flexibility index (Phi) is 6.19. The highest BCUT2D eigenvalue weighted by molar-refractivity contribution is 5.82. The predicted molar refractivity (Wildman–Crippen MR) is 91.6 cm³/mol. The molecule has 0 spiro atoms. The molecule has 0 aromatic heterocycles. The Morgan fingerprint density at radius 2 is 1.88 bits per heavy atom. The van der Waals surface area contributed by atoms with E-state index >= 15 is 0 Å². The standard InChI is InChI=1S/C18H20N2O4/c1-13(15-7-5-4-6-8-15)24-16-10-9-14(11-17(16)22-2)12-19-20-18(21)23-3/h4-13H,1-3H3,(H,20,21). The van der Waals surface area contributed by atoms with Crippen LogP contribution in [0.4, 0.5) is 4.79 Å². The zero-order valence-electron chi connectivity index (χ0n) is 13.9. The maximum Gasteiger partial charge on any atom is 0.427 e. The molecule has 0 aliphatic heterocycles. The lowest BCUT2D eigenvalue weighted by molar-refractivity contribution is 0.171. The molecule has 1 unspecified atom stereocenters. The van der Waals surface area contributed by atoms with Gasteiger partial charge in [0.1, 0.15) is 6.10 Å². The minimum Gasteiger partial charge on any atom is -0.493 e. The van der Waals surface area contributed by atoms with Crippen molar-refractivity contribution in [3.63, 3.8) is 0 Å². The van der Waals surface area contributed by atoms with Crippen molar-refractivity contribution >= 4 is 12.3 Å². The molecule has 24 heavy (non-hydrogen) atoms. The molecule has 0 bridgehead atoms. The van der Waals surface area contributed by atoms with E-state index in [0.29, 0.717) is 11.5 Å².